The number of hydrogen-bond donors (Lipinski definition) is 1. The van der Waals surface area contributed by atoms with Crippen molar-refractivity contribution < 1.29 is 29.0 Å². The molecule has 0 amide bonds. The molecule has 0 atom stereocenters. The van der Waals surface area contributed by atoms with Crippen molar-refractivity contribution in [3.8, 4) is 0 Å². The first-order chi connectivity index (χ1) is 8.16. The average Bonchev–Trinajstić information content (AvgIpc) is 2.22. The fourth-order valence-corrected chi connectivity index (χ4v) is 0.901. The third-order valence-corrected chi connectivity index (χ3v) is 2.09. The van der Waals surface area contributed by atoms with Gasteiger partial charge in [-0.05, 0) is 20.8 Å². The Morgan fingerprint density at radius 3 is 2.11 bits per heavy atom. The third kappa shape index (κ3) is 6.03. The van der Waals surface area contributed by atoms with Crippen LogP contribution in [-0.2, 0) is 23.9 Å². The Kier molecular flexibility index (Phi) is 6.08. The first-order valence-electron chi connectivity index (χ1n) is 5.38. The number of carbonyl (C=O) groups is 3. The number of ether oxygens (including phenoxy) is 2. The van der Waals surface area contributed by atoms with Crippen LogP contribution in [0.25, 0.3) is 0 Å². The number of carboxylic acids is 1. The molecular formula is C12H18O6. The molecule has 102 valence electrons. The SMILES string of the molecule is C=C(C)C(=O)OCCOC(=O)CC(C)(C)C(=O)O. The largest absolute Gasteiger partial charge is 0.481 e. The van der Waals surface area contributed by atoms with Gasteiger partial charge in [0, 0.05) is 5.57 Å². The molecule has 1 N–H and O–H groups in total. The van der Waals surface area contributed by atoms with Crippen molar-refractivity contribution >= 4 is 17.9 Å². The molecule has 6 heteroatoms. The van der Waals surface area contributed by atoms with Gasteiger partial charge >= 0.3 is 17.9 Å². The number of carboxylic acid groups (broad SMARTS) is 1. The highest BCUT2D eigenvalue weighted by Crippen LogP contribution is 2.20. The van der Waals surface area contributed by atoms with Gasteiger partial charge in [-0.25, -0.2) is 4.79 Å². The Hall–Kier alpha value is -1.85. The number of carbonyl (C=O) groups excluding carboxylic acids is 2. The molecule has 0 spiro atoms. The summed E-state index contributed by atoms with van der Waals surface area (Å²) < 4.78 is 9.45. The summed E-state index contributed by atoms with van der Waals surface area (Å²) in [7, 11) is 0. The van der Waals surface area contributed by atoms with Crippen LogP contribution in [0.5, 0.6) is 0 Å². The quantitative estimate of drug-likeness (QED) is 0.418. The van der Waals surface area contributed by atoms with Gasteiger partial charge in [0.25, 0.3) is 0 Å². The Morgan fingerprint density at radius 1 is 1.17 bits per heavy atom. The summed E-state index contributed by atoms with van der Waals surface area (Å²) in [5.41, 5.74) is -0.917. The lowest BCUT2D eigenvalue weighted by Gasteiger charge is -2.17. The fourth-order valence-electron chi connectivity index (χ4n) is 0.901. The van der Waals surface area contributed by atoms with Crippen molar-refractivity contribution in [2.75, 3.05) is 13.2 Å². The van der Waals surface area contributed by atoms with Crippen molar-refractivity contribution in [1.29, 1.82) is 0 Å². The van der Waals surface area contributed by atoms with E-state index in [0.29, 0.717) is 0 Å². The van der Waals surface area contributed by atoms with Gasteiger partial charge in [0.2, 0.25) is 0 Å². The van der Waals surface area contributed by atoms with E-state index in [2.05, 4.69) is 6.58 Å². The van der Waals surface area contributed by atoms with Crippen molar-refractivity contribution in [3.63, 3.8) is 0 Å². The summed E-state index contributed by atoms with van der Waals surface area (Å²) in [6.45, 7) is 7.57. The molecule has 0 aromatic carbocycles. The summed E-state index contributed by atoms with van der Waals surface area (Å²) >= 11 is 0. The molecule has 6 nitrogen and oxygen atoms in total. The molecule has 0 aliphatic carbocycles. The summed E-state index contributed by atoms with van der Waals surface area (Å²) in [6.07, 6.45) is -0.239. The Morgan fingerprint density at radius 2 is 1.67 bits per heavy atom. The lowest BCUT2D eigenvalue weighted by atomic mass is 9.90. The van der Waals surface area contributed by atoms with Crippen LogP contribution >= 0.6 is 0 Å². The van der Waals surface area contributed by atoms with Gasteiger partial charge in [0.1, 0.15) is 13.2 Å². The van der Waals surface area contributed by atoms with Crippen molar-refractivity contribution in [1.82, 2.24) is 0 Å². The third-order valence-electron chi connectivity index (χ3n) is 2.09. The second-order valence-corrected chi connectivity index (χ2v) is 4.50. The minimum absolute atomic E-state index is 0.0784. The molecule has 0 saturated carbocycles. The average molecular weight is 258 g/mol. The predicted molar refractivity (Wildman–Crippen MR) is 62.8 cm³/mol. The zero-order chi connectivity index (χ0) is 14.3. The Labute approximate surface area is 106 Å². The van der Waals surface area contributed by atoms with Gasteiger partial charge in [-0.15, -0.1) is 0 Å². The molecule has 0 rings (SSSR count). The standard InChI is InChI=1S/C12H18O6/c1-8(2)10(14)18-6-5-17-9(13)7-12(3,4)11(15)16/h1,5-7H2,2-4H3,(H,15,16). The summed E-state index contributed by atoms with van der Waals surface area (Å²) in [5.74, 6) is -2.28. The summed E-state index contributed by atoms with van der Waals surface area (Å²) in [6, 6.07) is 0. The molecule has 0 radical (unpaired) electrons. The van der Waals surface area contributed by atoms with E-state index >= 15 is 0 Å². The van der Waals surface area contributed by atoms with Crippen LogP contribution in [0.4, 0.5) is 0 Å². The first kappa shape index (κ1) is 16.1. The molecule has 0 bridgehead atoms. The second kappa shape index (κ2) is 6.78. The van der Waals surface area contributed by atoms with E-state index in [-0.39, 0.29) is 25.2 Å². The highest BCUT2D eigenvalue weighted by atomic mass is 16.6. The first-order valence-corrected chi connectivity index (χ1v) is 5.38. The van der Waals surface area contributed by atoms with E-state index in [9.17, 15) is 14.4 Å². The lowest BCUT2D eigenvalue weighted by Crippen LogP contribution is -2.28. The molecule has 0 aliphatic rings. The van der Waals surface area contributed by atoms with Crippen LogP contribution in [0.2, 0.25) is 0 Å². The van der Waals surface area contributed by atoms with Crippen LogP contribution in [0.3, 0.4) is 0 Å². The molecule has 0 saturated heterocycles. The molecule has 0 fully saturated rings. The maximum Gasteiger partial charge on any atom is 0.333 e. The molecule has 0 aliphatic heterocycles. The maximum absolute atomic E-state index is 11.3. The fraction of sp³-hybridized carbons (Fsp3) is 0.583. The highest BCUT2D eigenvalue weighted by molar-refractivity contribution is 5.86. The normalized spacial score (nSPS) is 10.6. The zero-order valence-electron chi connectivity index (χ0n) is 10.8. The van der Waals surface area contributed by atoms with Crippen molar-refractivity contribution in [2.24, 2.45) is 5.41 Å². The zero-order valence-corrected chi connectivity index (χ0v) is 10.8. The molecule has 0 heterocycles. The lowest BCUT2D eigenvalue weighted by molar-refractivity contribution is -0.158. The van der Waals surface area contributed by atoms with Crippen LogP contribution < -0.4 is 0 Å². The summed E-state index contributed by atoms with van der Waals surface area (Å²) in [4.78, 5) is 33.0. The van der Waals surface area contributed by atoms with Gasteiger partial charge < -0.3 is 14.6 Å². The second-order valence-electron chi connectivity index (χ2n) is 4.50. The topological polar surface area (TPSA) is 89.9 Å². The van der Waals surface area contributed by atoms with E-state index in [1.165, 1.54) is 20.8 Å². The van der Waals surface area contributed by atoms with E-state index in [0.717, 1.165) is 0 Å². The molecule has 0 aromatic heterocycles. The van der Waals surface area contributed by atoms with E-state index < -0.39 is 23.3 Å². The number of esters is 2. The van der Waals surface area contributed by atoms with Gasteiger partial charge in [-0.1, -0.05) is 6.58 Å². The Balaban J connectivity index is 3.89. The Bertz CT molecular complexity index is 356. The van der Waals surface area contributed by atoms with Crippen LogP contribution in [0, 0.1) is 5.41 Å². The van der Waals surface area contributed by atoms with Crippen molar-refractivity contribution in [3.05, 3.63) is 12.2 Å². The minimum Gasteiger partial charge on any atom is -0.481 e. The highest BCUT2D eigenvalue weighted by Gasteiger charge is 2.30. The molecule has 18 heavy (non-hydrogen) atoms. The van der Waals surface area contributed by atoms with Gasteiger partial charge in [0.05, 0.1) is 11.8 Å². The van der Waals surface area contributed by atoms with E-state index in [1.54, 1.807) is 0 Å². The van der Waals surface area contributed by atoms with Gasteiger partial charge in [-0.2, -0.15) is 0 Å². The van der Waals surface area contributed by atoms with Gasteiger partial charge in [0.15, 0.2) is 0 Å². The van der Waals surface area contributed by atoms with E-state index in [1.807, 2.05) is 0 Å². The molecular weight excluding hydrogens is 240 g/mol. The monoisotopic (exact) mass is 258 g/mol. The predicted octanol–water partition coefficient (Wildman–Crippen LogP) is 1.15. The minimum atomic E-state index is -1.18. The number of aliphatic carboxylic acids is 1. The number of rotatable bonds is 7. The van der Waals surface area contributed by atoms with Crippen LogP contribution in [-0.4, -0.2) is 36.2 Å². The van der Waals surface area contributed by atoms with Gasteiger partial charge in [-0.3, -0.25) is 9.59 Å². The summed E-state index contributed by atoms with van der Waals surface area (Å²) in [5, 5.41) is 8.81. The number of hydrogen-bond acceptors (Lipinski definition) is 5. The molecule has 0 unspecified atom stereocenters. The van der Waals surface area contributed by atoms with Crippen LogP contribution in [0.15, 0.2) is 12.2 Å². The van der Waals surface area contributed by atoms with E-state index in [4.69, 9.17) is 14.6 Å². The smallest absolute Gasteiger partial charge is 0.333 e. The maximum atomic E-state index is 11.3. The van der Waals surface area contributed by atoms with Crippen LogP contribution in [0.1, 0.15) is 27.2 Å². The van der Waals surface area contributed by atoms with Crippen molar-refractivity contribution in [2.45, 2.75) is 27.2 Å². The molecule has 0 aromatic rings.